The Morgan fingerprint density at radius 2 is 1.30 bits per heavy atom. The molecular weight excluding hydrogens is 330 g/mol. The van der Waals surface area contributed by atoms with Crippen molar-refractivity contribution in [2.75, 3.05) is 0 Å². The van der Waals surface area contributed by atoms with Gasteiger partial charge in [0.1, 0.15) is 0 Å². The van der Waals surface area contributed by atoms with Gasteiger partial charge in [0.15, 0.2) is 0 Å². The minimum Gasteiger partial charge on any atom is -0.334 e. The molecule has 1 amide bonds. The first kappa shape index (κ1) is 18.9. The largest absolute Gasteiger partial charge is 0.334 e. The molecule has 2 nitrogen and oxygen atoms in total. The van der Waals surface area contributed by atoms with E-state index in [0.29, 0.717) is 5.56 Å². The molecule has 0 unspecified atom stereocenters. The van der Waals surface area contributed by atoms with Crippen molar-refractivity contribution in [2.24, 2.45) is 0 Å². The van der Waals surface area contributed by atoms with Crippen molar-refractivity contribution >= 4 is 5.91 Å². The topological polar surface area (TPSA) is 20.3 Å². The van der Waals surface area contributed by atoms with Gasteiger partial charge in [0.25, 0.3) is 5.91 Å². The Kier molecular flexibility index (Phi) is 5.75. The lowest BCUT2D eigenvalue weighted by atomic mass is 9.89. The van der Waals surface area contributed by atoms with Gasteiger partial charge in [0.2, 0.25) is 0 Å². The summed E-state index contributed by atoms with van der Waals surface area (Å²) in [5.41, 5.74) is 4.76. The number of benzene rings is 3. The van der Waals surface area contributed by atoms with Crippen LogP contribution in [-0.2, 0) is 0 Å². The van der Waals surface area contributed by atoms with Gasteiger partial charge in [-0.2, -0.15) is 0 Å². The molecule has 0 saturated heterocycles. The number of carbonyl (C=O) groups is 1. The molecule has 0 bridgehead atoms. The summed E-state index contributed by atoms with van der Waals surface area (Å²) in [6, 6.07) is 27.7. The number of amides is 1. The van der Waals surface area contributed by atoms with Crippen LogP contribution in [0, 0.1) is 6.07 Å². The molecule has 3 rings (SSSR count). The molecule has 3 aromatic carbocycles. The maximum atomic E-state index is 13.5. The lowest BCUT2D eigenvalue weighted by Crippen LogP contribution is -2.42. The van der Waals surface area contributed by atoms with Gasteiger partial charge in [0, 0.05) is 17.6 Å². The molecule has 0 atom stereocenters. The van der Waals surface area contributed by atoms with Gasteiger partial charge in [-0.05, 0) is 50.5 Å². The highest BCUT2D eigenvalue weighted by molar-refractivity contribution is 6.04. The molecule has 0 aliphatic carbocycles. The molecule has 27 heavy (non-hydrogen) atoms. The summed E-state index contributed by atoms with van der Waals surface area (Å²) in [6.07, 6.45) is 0. The molecular formula is C25H26NO. The molecule has 1 radical (unpaired) electrons. The average Bonchev–Trinajstić information content (AvgIpc) is 2.68. The Morgan fingerprint density at radius 3 is 1.81 bits per heavy atom. The molecule has 0 N–H and O–H groups in total. The highest BCUT2D eigenvalue weighted by Gasteiger charge is 2.25. The van der Waals surface area contributed by atoms with Gasteiger partial charge < -0.3 is 4.90 Å². The Hall–Kier alpha value is -2.87. The predicted octanol–water partition coefficient (Wildman–Crippen LogP) is 6.08. The SMILES string of the molecule is CC(C)N(C(=O)c1[c]ccc(-c2ccccc2)c1-c1ccccc1)C(C)C. The van der Waals surface area contributed by atoms with E-state index in [-0.39, 0.29) is 18.0 Å². The first-order valence-corrected chi connectivity index (χ1v) is 9.49. The van der Waals surface area contributed by atoms with Crippen LogP contribution in [0.3, 0.4) is 0 Å². The van der Waals surface area contributed by atoms with Gasteiger partial charge in [-0.25, -0.2) is 0 Å². The molecule has 0 saturated carbocycles. The summed E-state index contributed by atoms with van der Waals surface area (Å²) in [6.45, 7) is 8.23. The van der Waals surface area contributed by atoms with Crippen LogP contribution in [0.5, 0.6) is 0 Å². The summed E-state index contributed by atoms with van der Waals surface area (Å²) in [5, 5.41) is 0. The van der Waals surface area contributed by atoms with Crippen LogP contribution in [0.1, 0.15) is 38.1 Å². The molecule has 0 aliphatic rings. The van der Waals surface area contributed by atoms with Crippen LogP contribution in [0.25, 0.3) is 22.3 Å². The summed E-state index contributed by atoms with van der Waals surface area (Å²) in [7, 11) is 0. The third-order valence-electron chi connectivity index (χ3n) is 4.71. The van der Waals surface area contributed by atoms with Crippen molar-refractivity contribution < 1.29 is 4.79 Å². The number of nitrogens with zero attached hydrogens (tertiary/aromatic N) is 1. The second kappa shape index (κ2) is 8.22. The highest BCUT2D eigenvalue weighted by Crippen LogP contribution is 2.35. The summed E-state index contributed by atoms with van der Waals surface area (Å²) in [5.74, 6) is 0.0247. The fourth-order valence-electron chi connectivity index (χ4n) is 3.62. The molecule has 0 aromatic heterocycles. The normalized spacial score (nSPS) is 11.0. The van der Waals surface area contributed by atoms with Crippen LogP contribution in [0.4, 0.5) is 0 Å². The fraction of sp³-hybridized carbons (Fsp3) is 0.240. The van der Waals surface area contributed by atoms with E-state index < -0.39 is 0 Å². The minimum absolute atomic E-state index is 0.0247. The zero-order valence-corrected chi connectivity index (χ0v) is 16.4. The van der Waals surface area contributed by atoms with E-state index in [0.717, 1.165) is 22.3 Å². The average molecular weight is 356 g/mol. The van der Waals surface area contributed by atoms with Gasteiger partial charge in [-0.15, -0.1) is 0 Å². The monoisotopic (exact) mass is 356 g/mol. The second-order valence-corrected chi connectivity index (χ2v) is 7.27. The van der Waals surface area contributed by atoms with Crippen molar-refractivity contribution in [3.05, 3.63) is 84.4 Å². The van der Waals surface area contributed by atoms with E-state index in [1.165, 1.54) is 0 Å². The highest BCUT2D eigenvalue weighted by atomic mass is 16.2. The first-order valence-electron chi connectivity index (χ1n) is 9.49. The first-order chi connectivity index (χ1) is 13.0. The predicted molar refractivity (Wildman–Crippen MR) is 113 cm³/mol. The standard InChI is InChI=1S/C25H26NO/c1-18(2)26(19(3)4)25(27)23-17-11-16-22(20-12-7-5-8-13-20)24(23)21-14-9-6-10-15-21/h5-16,18-19H,1-4H3. The van der Waals surface area contributed by atoms with Gasteiger partial charge in [0.05, 0.1) is 5.56 Å². The van der Waals surface area contributed by atoms with E-state index in [1.807, 2.05) is 53.4 Å². The van der Waals surface area contributed by atoms with Gasteiger partial charge in [-0.1, -0.05) is 72.8 Å². The summed E-state index contributed by atoms with van der Waals surface area (Å²) >= 11 is 0. The van der Waals surface area contributed by atoms with E-state index in [2.05, 4.69) is 58.0 Å². The maximum Gasteiger partial charge on any atom is 0.255 e. The van der Waals surface area contributed by atoms with Gasteiger partial charge in [-0.3, -0.25) is 4.79 Å². The second-order valence-electron chi connectivity index (χ2n) is 7.27. The van der Waals surface area contributed by atoms with Gasteiger partial charge >= 0.3 is 0 Å². The summed E-state index contributed by atoms with van der Waals surface area (Å²) < 4.78 is 0. The lowest BCUT2D eigenvalue weighted by molar-refractivity contribution is 0.0644. The maximum absolute atomic E-state index is 13.5. The smallest absolute Gasteiger partial charge is 0.255 e. The lowest BCUT2D eigenvalue weighted by Gasteiger charge is -2.31. The molecule has 0 spiro atoms. The van der Waals surface area contributed by atoms with Crippen LogP contribution in [0.2, 0.25) is 0 Å². The summed E-state index contributed by atoms with van der Waals surface area (Å²) in [4.78, 5) is 15.4. The Labute approximate surface area is 162 Å². The Bertz CT molecular complexity index is 890. The zero-order chi connectivity index (χ0) is 19.4. The van der Waals surface area contributed by atoms with Crippen LogP contribution in [-0.4, -0.2) is 22.9 Å². The van der Waals surface area contributed by atoms with Crippen molar-refractivity contribution in [2.45, 2.75) is 39.8 Å². The van der Waals surface area contributed by atoms with Crippen molar-refractivity contribution in [3.8, 4) is 22.3 Å². The van der Waals surface area contributed by atoms with E-state index in [4.69, 9.17) is 0 Å². The van der Waals surface area contributed by atoms with Crippen molar-refractivity contribution in [1.29, 1.82) is 0 Å². The molecule has 2 heteroatoms. The number of rotatable bonds is 5. The third kappa shape index (κ3) is 3.95. The fourth-order valence-corrected chi connectivity index (χ4v) is 3.62. The number of hydrogen-bond acceptors (Lipinski definition) is 1. The molecule has 137 valence electrons. The van der Waals surface area contributed by atoms with E-state index in [9.17, 15) is 4.79 Å². The molecule has 3 aromatic rings. The number of carbonyl (C=O) groups excluding carboxylic acids is 1. The van der Waals surface area contributed by atoms with Crippen LogP contribution >= 0.6 is 0 Å². The van der Waals surface area contributed by atoms with E-state index >= 15 is 0 Å². The minimum atomic E-state index is 0.0247. The Balaban J connectivity index is 2.25. The van der Waals surface area contributed by atoms with Crippen LogP contribution < -0.4 is 0 Å². The zero-order valence-electron chi connectivity index (χ0n) is 16.4. The van der Waals surface area contributed by atoms with Crippen LogP contribution in [0.15, 0.2) is 72.8 Å². The molecule has 0 heterocycles. The number of hydrogen-bond donors (Lipinski definition) is 0. The van der Waals surface area contributed by atoms with E-state index in [1.54, 1.807) is 0 Å². The Morgan fingerprint density at radius 1 is 0.778 bits per heavy atom. The quantitative estimate of drug-likeness (QED) is 0.542. The van der Waals surface area contributed by atoms with Crippen molar-refractivity contribution in [1.82, 2.24) is 4.90 Å². The molecule has 0 aliphatic heterocycles. The third-order valence-corrected chi connectivity index (χ3v) is 4.71. The molecule has 0 fully saturated rings. The van der Waals surface area contributed by atoms with Crippen molar-refractivity contribution in [3.63, 3.8) is 0 Å².